The van der Waals surface area contributed by atoms with Gasteiger partial charge in [-0.3, -0.25) is 0 Å². The molecule has 0 aromatic heterocycles. The Hall–Kier alpha value is -1.55. The number of hydrogen-bond acceptors (Lipinski definition) is 0. The molecule has 0 bridgehead atoms. The quantitative estimate of drug-likeness (QED) is 0.235. The van der Waals surface area contributed by atoms with Gasteiger partial charge < -0.3 is 0 Å². The zero-order chi connectivity index (χ0) is 23.6. The van der Waals surface area contributed by atoms with Crippen molar-refractivity contribution in [2.24, 2.45) is 0 Å². The highest BCUT2D eigenvalue weighted by atomic mass is 19.4. The summed E-state index contributed by atoms with van der Waals surface area (Å²) >= 11 is 0. The molecule has 1 rings (SSSR count). The minimum absolute atomic E-state index is 0.129. The van der Waals surface area contributed by atoms with Gasteiger partial charge in [-0.05, 0) is 38.7 Å². The number of rotatable bonds is 11. The lowest BCUT2D eigenvalue weighted by Gasteiger charge is -2.42. The fourth-order valence-corrected chi connectivity index (χ4v) is 2.65. The van der Waals surface area contributed by atoms with Crippen LogP contribution in [0.5, 0.6) is 0 Å². The second kappa shape index (κ2) is 8.53. The van der Waals surface area contributed by atoms with E-state index in [1.54, 1.807) is 30.3 Å². The molecule has 0 fully saturated rings. The molecule has 0 N–H and O–H groups in total. The van der Waals surface area contributed by atoms with Gasteiger partial charge in [-0.2, -0.15) is 43.9 Å². The molecule has 11 heteroatoms. The lowest BCUT2D eigenvalue weighted by atomic mass is 9.86. The SMILES string of the molecule is CC(C)(F)C(F)(F)C(F)(F)C(F)(F)C(F)(F)C(F)(F)CCCCCc1ccccc1. The number of aryl methyl sites for hydroxylation is 1. The van der Waals surface area contributed by atoms with Crippen LogP contribution in [0.1, 0.15) is 45.1 Å². The monoisotopic (exact) mass is 458 g/mol. The molecule has 1 aromatic rings. The summed E-state index contributed by atoms with van der Waals surface area (Å²) < 4.78 is 150. The maximum atomic E-state index is 13.8. The molecular formula is C19H21F11. The average Bonchev–Trinajstić information content (AvgIpc) is 2.60. The Labute approximate surface area is 166 Å². The van der Waals surface area contributed by atoms with E-state index in [1.807, 2.05) is 0 Å². The van der Waals surface area contributed by atoms with E-state index in [0.717, 1.165) is 5.56 Å². The third-order valence-electron chi connectivity index (χ3n) is 4.69. The van der Waals surface area contributed by atoms with Gasteiger partial charge in [0.1, 0.15) is 0 Å². The van der Waals surface area contributed by atoms with Gasteiger partial charge in [0.15, 0.2) is 5.67 Å². The summed E-state index contributed by atoms with van der Waals surface area (Å²) in [5.74, 6) is -33.2. The van der Waals surface area contributed by atoms with Crippen LogP contribution in [0.15, 0.2) is 30.3 Å². The topological polar surface area (TPSA) is 0 Å². The third kappa shape index (κ3) is 4.69. The van der Waals surface area contributed by atoms with E-state index < -0.39 is 48.1 Å². The van der Waals surface area contributed by atoms with Gasteiger partial charge in [-0.15, -0.1) is 0 Å². The van der Waals surface area contributed by atoms with Crippen LogP contribution in [-0.2, 0) is 6.42 Å². The van der Waals surface area contributed by atoms with Gasteiger partial charge in [-0.25, -0.2) is 4.39 Å². The van der Waals surface area contributed by atoms with Crippen molar-refractivity contribution < 1.29 is 48.3 Å². The number of hydrogen-bond donors (Lipinski definition) is 0. The molecule has 1 aromatic carbocycles. The highest BCUT2D eigenvalue weighted by Crippen LogP contribution is 2.60. The summed E-state index contributed by atoms with van der Waals surface area (Å²) in [6.45, 7) is -0.500. The summed E-state index contributed by atoms with van der Waals surface area (Å²) in [7, 11) is 0. The Morgan fingerprint density at radius 1 is 0.567 bits per heavy atom. The molecule has 0 unspecified atom stereocenters. The van der Waals surface area contributed by atoms with Crippen LogP contribution in [0.4, 0.5) is 48.3 Å². The van der Waals surface area contributed by atoms with Crippen molar-refractivity contribution in [3.05, 3.63) is 35.9 Å². The van der Waals surface area contributed by atoms with Crippen LogP contribution >= 0.6 is 0 Å². The van der Waals surface area contributed by atoms with Crippen LogP contribution in [0, 0.1) is 0 Å². The number of unbranched alkanes of at least 4 members (excludes halogenated alkanes) is 2. The zero-order valence-corrected chi connectivity index (χ0v) is 16.1. The van der Waals surface area contributed by atoms with E-state index in [1.165, 1.54) is 0 Å². The Bertz CT molecular complexity index is 675. The first kappa shape index (κ1) is 26.5. The van der Waals surface area contributed by atoms with Gasteiger partial charge >= 0.3 is 29.6 Å². The molecular weight excluding hydrogens is 437 g/mol. The Morgan fingerprint density at radius 3 is 1.50 bits per heavy atom. The lowest BCUT2D eigenvalue weighted by Crippen LogP contribution is -2.70. The molecule has 0 saturated carbocycles. The molecule has 0 atom stereocenters. The molecule has 0 spiro atoms. The Balaban J connectivity index is 2.89. The molecule has 30 heavy (non-hydrogen) atoms. The number of alkyl halides is 11. The molecule has 0 amide bonds. The molecule has 0 aliphatic rings. The standard InChI is InChI=1S/C19H21F11/c1-14(2,20)16(23,24)18(27,28)19(29,30)17(25,26)15(21,22)12-8-4-7-11-13-9-5-3-6-10-13/h3,5-6,9-10H,4,7-8,11-12H2,1-2H3. The minimum Gasteiger partial charge on any atom is -0.238 e. The molecule has 0 nitrogen and oxygen atoms in total. The number of benzene rings is 1. The van der Waals surface area contributed by atoms with Gasteiger partial charge in [-0.1, -0.05) is 36.8 Å². The summed E-state index contributed by atoms with van der Waals surface area (Å²) in [5, 5.41) is 0. The maximum Gasteiger partial charge on any atom is 0.384 e. The van der Waals surface area contributed by atoms with Crippen molar-refractivity contribution in [2.45, 2.75) is 81.2 Å². The fraction of sp³-hybridized carbons (Fsp3) is 0.684. The zero-order valence-electron chi connectivity index (χ0n) is 16.1. The van der Waals surface area contributed by atoms with Crippen molar-refractivity contribution in [1.82, 2.24) is 0 Å². The predicted octanol–water partition coefficient (Wildman–Crippen LogP) is 7.71. The third-order valence-corrected chi connectivity index (χ3v) is 4.69. The van der Waals surface area contributed by atoms with Gasteiger partial charge in [0, 0.05) is 6.42 Å². The summed E-state index contributed by atoms with van der Waals surface area (Å²) in [4.78, 5) is 0. The Morgan fingerprint density at radius 2 is 1.03 bits per heavy atom. The highest BCUT2D eigenvalue weighted by molar-refractivity contribution is 5.14. The predicted molar refractivity (Wildman–Crippen MR) is 88.5 cm³/mol. The van der Waals surface area contributed by atoms with Gasteiger partial charge in [0.05, 0.1) is 0 Å². The molecule has 0 heterocycles. The van der Waals surface area contributed by atoms with E-state index in [-0.39, 0.29) is 26.7 Å². The smallest absolute Gasteiger partial charge is 0.238 e. The Kier molecular flexibility index (Phi) is 7.53. The van der Waals surface area contributed by atoms with Crippen molar-refractivity contribution in [2.75, 3.05) is 0 Å². The van der Waals surface area contributed by atoms with Crippen LogP contribution in [-0.4, -0.2) is 35.3 Å². The van der Waals surface area contributed by atoms with Crippen molar-refractivity contribution in [3.8, 4) is 0 Å². The summed E-state index contributed by atoms with van der Waals surface area (Å²) in [6, 6.07) is 8.52. The summed E-state index contributed by atoms with van der Waals surface area (Å²) in [6.07, 6.45) is -2.23. The van der Waals surface area contributed by atoms with E-state index >= 15 is 0 Å². The highest BCUT2D eigenvalue weighted by Gasteiger charge is 2.88. The van der Waals surface area contributed by atoms with E-state index in [2.05, 4.69) is 0 Å². The second-order valence-corrected chi connectivity index (χ2v) is 7.52. The van der Waals surface area contributed by atoms with Crippen LogP contribution in [0.25, 0.3) is 0 Å². The van der Waals surface area contributed by atoms with Crippen molar-refractivity contribution in [1.29, 1.82) is 0 Å². The first-order chi connectivity index (χ1) is 13.3. The lowest BCUT2D eigenvalue weighted by molar-refractivity contribution is -0.413. The summed E-state index contributed by atoms with van der Waals surface area (Å²) in [5.41, 5.74) is -3.58. The maximum absolute atomic E-state index is 13.8. The van der Waals surface area contributed by atoms with E-state index in [0.29, 0.717) is 6.42 Å². The van der Waals surface area contributed by atoms with Gasteiger partial charge in [0.2, 0.25) is 0 Å². The first-order valence-corrected chi connectivity index (χ1v) is 8.95. The molecule has 0 aliphatic heterocycles. The largest absolute Gasteiger partial charge is 0.384 e. The average molecular weight is 458 g/mol. The van der Waals surface area contributed by atoms with Crippen LogP contribution in [0.2, 0.25) is 0 Å². The molecule has 0 saturated heterocycles. The van der Waals surface area contributed by atoms with Crippen LogP contribution in [0.3, 0.4) is 0 Å². The van der Waals surface area contributed by atoms with E-state index in [9.17, 15) is 48.3 Å². The van der Waals surface area contributed by atoms with Crippen molar-refractivity contribution >= 4 is 0 Å². The molecule has 0 radical (unpaired) electrons. The van der Waals surface area contributed by atoms with Crippen molar-refractivity contribution in [3.63, 3.8) is 0 Å². The normalized spacial score (nSPS) is 14.8. The number of halogens is 11. The molecule has 0 aliphatic carbocycles. The first-order valence-electron chi connectivity index (χ1n) is 8.95. The van der Waals surface area contributed by atoms with Crippen LogP contribution < -0.4 is 0 Å². The second-order valence-electron chi connectivity index (χ2n) is 7.52. The van der Waals surface area contributed by atoms with E-state index in [4.69, 9.17) is 0 Å². The minimum atomic E-state index is -7.22. The molecule has 174 valence electrons. The van der Waals surface area contributed by atoms with Gasteiger partial charge in [0.25, 0.3) is 0 Å². The fourth-order valence-electron chi connectivity index (χ4n) is 2.65.